The summed E-state index contributed by atoms with van der Waals surface area (Å²) in [6.07, 6.45) is 9.48. The van der Waals surface area contributed by atoms with Crippen LogP contribution in [-0.4, -0.2) is 5.78 Å². The Labute approximate surface area is 117 Å². The highest BCUT2D eigenvalue weighted by Gasteiger charge is 1.87. The molecule has 1 aromatic carbocycles. The van der Waals surface area contributed by atoms with E-state index in [1.54, 1.807) is 6.08 Å². The highest BCUT2D eigenvalue weighted by molar-refractivity contribution is 6.30. The van der Waals surface area contributed by atoms with Crippen molar-refractivity contribution in [1.82, 2.24) is 0 Å². The van der Waals surface area contributed by atoms with Gasteiger partial charge in [-0.3, -0.25) is 4.79 Å². The third kappa shape index (κ3) is 9.12. The summed E-state index contributed by atoms with van der Waals surface area (Å²) in [5, 5.41) is 15.8. The lowest BCUT2D eigenvalue weighted by atomic mass is 10.2. The Morgan fingerprint density at radius 3 is 2.37 bits per heavy atom. The maximum Gasteiger partial charge on any atom is 0.331 e. The number of carbonyl (C=O) groups excluding carboxylic acids is 1. The van der Waals surface area contributed by atoms with Gasteiger partial charge in [-0.25, -0.2) is 0 Å². The van der Waals surface area contributed by atoms with Crippen LogP contribution in [0.2, 0.25) is 5.02 Å². The van der Waals surface area contributed by atoms with Gasteiger partial charge in [0, 0.05) is 5.02 Å². The van der Waals surface area contributed by atoms with E-state index < -0.39 is 5.78 Å². The zero-order chi connectivity index (χ0) is 14.5. The molecule has 0 radical (unpaired) electrons. The molecule has 1 rings (SSSR count). The third-order valence-corrected chi connectivity index (χ3v) is 1.93. The van der Waals surface area contributed by atoms with Crippen LogP contribution in [0.1, 0.15) is 5.56 Å². The summed E-state index contributed by atoms with van der Waals surface area (Å²) >= 11 is 5.82. The minimum Gasteiger partial charge on any atom is -0.265 e. The van der Waals surface area contributed by atoms with Gasteiger partial charge in [-0.2, -0.15) is 10.5 Å². The number of benzene rings is 1. The van der Waals surface area contributed by atoms with Crippen molar-refractivity contribution in [2.75, 3.05) is 0 Å². The number of ketones is 1. The van der Waals surface area contributed by atoms with Gasteiger partial charge in [0.25, 0.3) is 0 Å². The Morgan fingerprint density at radius 2 is 1.89 bits per heavy atom. The van der Waals surface area contributed by atoms with Gasteiger partial charge >= 0.3 is 5.78 Å². The van der Waals surface area contributed by atoms with E-state index in [0.717, 1.165) is 22.7 Å². The molecule has 0 heterocycles. The van der Waals surface area contributed by atoms with E-state index in [0.29, 0.717) is 0 Å². The van der Waals surface area contributed by atoms with Crippen LogP contribution in [0.5, 0.6) is 0 Å². The van der Waals surface area contributed by atoms with E-state index in [2.05, 4.69) is 6.58 Å². The highest BCUT2D eigenvalue weighted by Crippen LogP contribution is 2.11. The SMILES string of the molecule is C=CC=CC=Cc1cccc(Cl)c1.N#CC(=O)C#N. The number of halogens is 1. The summed E-state index contributed by atoms with van der Waals surface area (Å²) < 4.78 is 0. The van der Waals surface area contributed by atoms with Gasteiger partial charge in [0.15, 0.2) is 12.1 Å². The summed E-state index contributed by atoms with van der Waals surface area (Å²) in [6.45, 7) is 3.58. The minimum atomic E-state index is -1.05. The molecule has 0 amide bonds. The second-order valence-corrected chi connectivity index (χ2v) is 3.52. The Hall–Kier alpha value is -2.62. The number of hydrogen-bond acceptors (Lipinski definition) is 3. The number of nitriles is 2. The summed E-state index contributed by atoms with van der Waals surface area (Å²) in [4.78, 5) is 9.46. The van der Waals surface area contributed by atoms with Crippen molar-refractivity contribution in [2.45, 2.75) is 0 Å². The lowest BCUT2D eigenvalue weighted by molar-refractivity contribution is -0.109. The van der Waals surface area contributed by atoms with Crippen molar-refractivity contribution in [2.24, 2.45) is 0 Å². The van der Waals surface area contributed by atoms with Crippen LogP contribution in [0, 0.1) is 22.7 Å². The number of allylic oxidation sites excluding steroid dienone is 4. The largest absolute Gasteiger partial charge is 0.331 e. The molecule has 0 aliphatic rings. The molecule has 0 saturated carbocycles. The molecular formula is C15H11ClN2O. The number of rotatable bonds is 3. The summed E-state index contributed by atoms with van der Waals surface area (Å²) in [6, 6.07) is 9.94. The Kier molecular flexibility index (Phi) is 9.08. The predicted molar refractivity (Wildman–Crippen MR) is 76.1 cm³/mol. The summed E-state index contributed by atoms with van der Waals surface area (Å²) in [5.41, 5.74) is 1.10. The maximum atomic E-state index is 9.46. The van der Waals surface area contributed by atoms with Gasteiger partial charge in [0.05, 0.1) is 0 Å². The van der Waals surface area contributed by atoms with Crippen molar-refractivity contribution in [3.05, 3.63) is 65.7 Å². The fourth-order valence-corrected chi connectivity index (χ4v) is 1.14. The van der Waals surface area contributed by atoms with Crippen LogP contribution in [0.25, 0.3) is 6.08 Å². The smallest absolute Gasteiger partial charge is 0.265 e. The molecule has 0 spiro atoms. The lowest BCUT2D eigenvalue weighted by Crippen LogP contribution is -1.81. The van der Waals surface area contributed by atoms with Crippen LogP contribution >= 0.6 is 11.6 Å². The molecule has 0 aromatic heterocycles. The normalized spacial score (nSPS) is 9.21. The number of hydrogen-bond donors (Lipinski definition) is 0. The molecule has 0 N–H and O–H groups in total. The molecule has 19 heavy (non-hydrogen) atoms. The van der Waals surface area contributed by atoms with E-state index in [4.69, 9.17) is 22.1 Å². The van der Waals surface area contributed by atoms with E-state index in [-0.39, 0.29) is 0 Å². The van der Waals surface area contributed by atoms with Crippen LogP contribution < -0.4 is 0 Å². The molecule has 0 aliphatic heterocycles. The first-order chi connectivity index (χ1) is 9.13. The molecule has 0 saturated heterocycles. The van der Waals surface area contributed by atoms with Crippen molar-refractivity contribution < 1.29 is 4.79 Å². The maximum absolute atomic E-state index is 9.46. The summed E-state index contributed by atoms with van der Waals surface area (Å²) in [5.74, 6) is -1.05. The molecule has 4 heteroatoms. The zero-order valence-corrected chi connectivity index (χ0v) is 10.8. The van der Waals surface area contributed by atoms with Gasteiger partial charge in [0.1, 0.15) is 0 Å². The van der Waals surface area contributed by atoms with E-state index in [1.165, 1.54) is 0 Å². The Balaban J connectivity index is 0.000000459. The second kappa shape index (κ2) is 10.5. The van der Waals surface area contributed by atoms with Crippen molar-refractivity contribution >= 4 is 23.5 Å². The quantitative estimate of drug-likeness (QED) is 0.621. The first-order valence-electron chi connectivity index (χ1n) is 5.19. The third-order valence-electron chi connectivity index (χ3n) is 1.70. The zero-order valence-electron chi connectivity index (χ0n) is 10.1. The van der Waals surface area contributed by atoms with Gasteiger partial charge in [0.2, 0.25) is 0 Å². The molecule has 3 nitrogen and oxygen atoms in total. The van der Waals surface area contributed by atoms with E-state index in [1.807, 2.05) is 48.6 Å². The Bertz CT molecular complexity index is 559. The van der Waals surface area contributed by atoms with Crippen LogP contribution in [0.4, 0.5) is 0 Å². The first kappa shape index (κ1) is 16.4. The fraction of sp³-hybridized carbons (Fsp3) is 0. The van der Waals surface area contributed by atoms with Gasteiger partial charge in [-0.15, -0.1) is 0 Å². The van der Waals surface area contributed by atoms with E-state index in [9.17, 15) is 4.79 Å². The molecule has 0 unspecified atom stereocenters. The average molecular weight is 271 g/mol. The second-order valence-electron chi connectivity index (χ2n) is 3.09. The van der Waals surface area contributed by atoms with Crippen LogP contribution in [0.3, 0.4) is 0 Å². The van der Waals surface area contributed by atoms with Gasteiger partial charge in [-0.05, 0) is 17.7 Å². The molecule has 94 valence electrons. The number of nitrogens with zero attached hydrogens (tertiary/aromatic N) is 2. The lowest BCUT2D eigenvalue weighted by Gasteiger charge is -1.92. The van der Waals surface area contributed by atoms with Crippen LogP contribution in [-0.2, 0) is 4.79 Å². The fourth-order valence-electron chi connectivity index (χ4n) is 0.945. The number of Topliss-reactive ketones (excluding diaryl/α,β-unsaturated/α-hetero) is 1. The summed E-state index contributed by atoms with van der Waals surface area (Å²) in [7, 11) is 0. The molecule has 0 bridgehead atoms. The Morgan fingerprint density at radius 1 is 1.21 bits per heavy atom. The van der Waals surface area contributed by atoms with E-state index >= 15 is 0 Å². The number of carbonyl (C=O) groups is 1. The highest BCUT2D eigenvalue weighted by atomic mass is 35.5. The van der Waals surface area contributed by atoms with Gasteiger partial charge < -0.3 is 0 Å². The average Bonchev–Trinajstić information content (AvgIpc) is 2.43. The van der Waals surface area contributed by atoms with Crippen molar-refractivity contribution in [1.29, 1.82) is 10.5 Å². The molecule has 0 fully saturated rings. The van der Waals surface area contributed by atoms with Gasteiger partial charge in [-0.1, -0.05) is 60.7 Å². The predicted octanol–water partition coefficient (Wildman–Crippen LogP) is 3.70. The van der Waals surface area contributed by atoms with Crippen LogP contribution in [0.15, 0.2) is 55.1 Å². The monoisotopic (exact) mass is 270 g/mol. The molecule has 0 aliphatic carbocycles. The topological polar surface area (TPSA) is 64.7 Å². The standard InChI is InChI=1S/C12H11Cl.C3N2O/c1-2-3-4-5-7-11-8-6-9-12(13)10-11;4-1-3(6)2-5/h2-10H,1H2;. The molecular weight excluding hydrogens is 260 g/mol. The first-order valence-corrected chi connectivity index (χ1v) is 5.57. The minimum absolute atomic E-state index is 0.759. The van der Waals surface area contributed by atoms with Crippen molar-refractivity contribution in [3.63, 3.8) is 0 Å². The molecule has 1 aromatic rings. The van der Waals surface area contributed by atoms with Crippen molar-refractivity contribution in [3.8, 4) is 12.1 Å². The molecule has 0 atom stereocenters.